The predicted octanol–water partition coefficient (Wildman–Crippen LogP) is 7.01. The summed E-state index contributed by atoms with van der Waals surface area (Å²) >= 11 is 12.0. The number of benzene rings is 3. The van der Waals surface area contributed by atoms with Crippen molar-refractivity contribution in [3.63, 3.8) is 0 Å². The maximum absolute atomic E-state index is 11.5. The van der Waals surface area contributed by atoms with Gasteiger partial charge in [-0.05, 0) is 79.3 Å². The van der Waals surface area contributed by atoms with Gasteiger partial charge in [0, 0.05) is 5.69 Å². The lowest BCUT2D eigenvalue weighted by atomic mass is 10.0. The Hall–Kier alpha value is -2.69. The smallest absolute Gasteiger partial charge is 0.337 e. The number of methoxy groups -OCH3 is 1. The summed E-state index contributed by atoms with van der Waals surface area (Å²) in [5, 5.41) is 13.8. The number of carboxylic acid groups (broad SMARTS) is 1. The molecular formula is C24H23Cl2NO3. The van der Waals surface area contributed by atoms with Gasteiger partial charge in [-0.1, -0.05) is 41.4 Å². The molecule has 0 aliphatic heterocycles. The first-order chi connectivity index (χ1) is 14.5. The van der Waals surface area contributed by atoms with Gasteiger partial charge in [0.2, 0.25) is 0 Å². The highest BCUT2D eigenvalue weighted by atomic mass is 35.5. The summed E-state index contributed by atoms with van der Waals surface area (Å²) in [7, 11) is 1.51. The average Bonchev–Trinajstić information content (AvgIpc) is 2.75. The van der Waals surface area contributed by atoms with Crippen molar-refractivity contribution in [2.45, 2.75) is 25.7 Å². The minimum atomic E-state index is -1.00. The second-order valence-electron chi connectivity index (χ2n) is 6.99. The first-order valence-corrected chi connectivity index (χ1v) is 10.4. The molecule has 0 aliphatic rings. The van der Waals surface area contributed by atoms with E-state index in [0.717, 1.165) is 31.4 Å². The molecule has 0 aliphatic carbocycles. The van der Waals surface area contributed by atoms with Crippen LogP contribution in [0.3, 0.4) is 0 Å². The normalized spacial score (nSPS) is 10.6. The number of hydrogen-bond acceptors (Lipinski definition) is 3. The minimum Gasteiger partial charge on any atom is -0.497 e. The van der Waals surface area contributed by atoms with E-state index in [-0.39, 0.29) is 5.56 Å². The first-order valence-electron chi connectivity index (χ1n) is 9.67. The maximum Gasteiger partial charge on any atom is 0.337 e. The van der Waals surface area contributed by atoms with Crippen LogP contribution in [-0.2, 0) is 12.8 Å². The summed E-state index contributed by atoms with van der Waals surface area (Å²) in [5.74, 6) is -0.496. The molecule has 0 fully saturated rings. The molecule has 156 valence electrons. The number of rotatable bonds is 9. The molecule has 0 heterocycles. The summed E-state index contributed by atoms with van der Waals surface area (Å²) in [4.78, 5) is 11.5. The molecule has 0 saturated carbocycles. The Labute approximate surface area is 186 Å². The third-order valence-corrected chi connectivity index (χ3v) is 5.59. The molecule has 30 heavy (non-hydrogen) atoms. The zero-order chi connectivity index (χ0) is 21.5. The third kappa shape index (κ3) is 5.91. The number of aryl methyl sites for hydroxylation is 2. The summed E-state index contributed by atoms with van der Waals surface area (Å²) < 4.78 is 5.11. The van der Waals surface area contributed by atoms with E-state index in [1.165, 1.54) is 24.3 Å². The molecule has 3 aromatic carbocycles. The van der Waals surface area contributed by atoms with E-state index in [2.05, 4.69) is 17.4 Å². The van der Waals surface area contributed by atoms with Gasteiger partial charge in [-0.2, -0.15) is 0 Å². The van der Waals surface area contributed by atoms with Crippen molar-refractivity contribution >= 4 is 40.5 Å². The van der Waals surface area contributed by atoms with E-state index in [4.69, 9.17) is 27.9 Å². The van der Waals surface area contributed by atoms with Crippen molar-refractivity contribution in [1.82, 2.24) is 0 Å². The molecule has 4 nitrogen and oxygen atoms in total. The second kappa shape index (κ2) is 10.4. The van der Waals surface area contributed by atoms with Crippen LogP contribution < -0.4 is 10.1 Å². The van der Waals surface area contributed by atoms with Crippen molar-refractivity contribution in [2.24, 2.45) is 0 Å². The van der Waals surface area contributed by atoms with Crippen LogP contribution in [0.5, 0.6) is 5.75 Å². The van der Waals surface area contributed by atoms with E-state index in [1.807, 2.05) is 30.3 Å². The number of anilines is 2. The Morgan fingerprint density at radius 1 is 0.900 bits per heavy atom. The molecule has 0 bridgehead atoms. The van der Waals surface area contributed by atoms with Crippen molar-refractivity contribution in [3.8, 4) is 5.75 Å². The number of nitrogens with one attached hydrogen (secondary N) is 1. The summed E-state index contributed by atoms with van der Waals surface area (Å²) in [6.45, 7) is 0. The molecule has 0 saturated heterocycles. The van der Waals surface area contributed by atoms with Gasteiger partial charge in [-0.3, -0.25) is 0 Å². The number of unbranched alkanes of at least 4 members (excludes halogenated alkanes) is 1. The zero-order valence-electron chi connectivity index (χ0n) is 16.6. The summed E-state index contributed by atoms with van der Waals surface area (Å²) in [5.41, 5.74) is 3.96. The third-order valence-electron chi connectivity index (χ3n) is 4.86. The Balaban J connectivity index is 1.54. The number of carbonyl (C=O) groups is 1. The van der Waals surface area contributed by atoms with Crippen LogP contribution in [0.15, 0.2) is 60.7 Å². The molecule has 0 atom stereocenters. The number of carboxylic acids is 1. The van der Waals surface area contributed by atoms with Crippen molar-refractivity contribution in [3.05, 3.63) is 87.4 Å². The van der Waals surface area contributed by atoms with E-state index in [9.17, 15) is 9.90 Å². The SMILES string of the molecule is COc1ccc(Nc2ccc(CCCCc3ccc(Cl)c(Cl)c3)cc2)c(C(=O)O)c1. The zero-order valence-corrected chi connectivity index (χ0v) is 18.1. The molecule has 6 heteroatoms. The highest BCUT2D eigenvalue weighted by molar-refractivity contribution is 6.42. The van der Waals surface area contributed by atoms with Gasteiger partial charge in [0.05, 0.1) is 28.4 Å². The van der Waals surface area contributed by atoms with Crippen LogP contribution in [-0.4, -0.2) is 18.2 Å². The lowest BCUT2D eigenvalue weighted by molar-refractivity contribution is 0.0697. The Kier molecular flexibility index (Phi) is 7.61. The van der Waals surface area contributed by atoms with Gasteiger partial charge in [-0.25, -0.2) is 4.79 Å². The van der Waals surface area contributed by atoms with Crippen LogP contribution >= 0.6 is 23.2 Å². The largest absolute Gasteiger partial charge is 0.497 e. The van der Waals surface area contributed by atoms with Gasteiger partial charge < -0.3 is 15.2 Å². The predicted molar refractivity (Wildman–Crippen MR) is 123 cm³/mol. The van der Waals surface area contributed by atoms with E-state index in [0.29, 0.717) is 21.5 Å². The number of hydrogen-bond donors (Lipinski definition) is 2. The molecule has 0 spiro atoms. The fraction of sp³-hybridized carbons (Fsp3) is 0.208. The Bertz CT molecular complexity index is 1020. The standard InChI is InChI=1S/C24H23Cl2NO3/c1-30-19-11-13-23(20(15-19)24(28)29)27-18-9-6-16(7-10-18)4-2-3-5-17-8-12-21(25)22(26)14-17/h6-15,27H,2-5H2,1H3,(H,28,29). The van der Waals surface area contributed by atoms with Crippen LogP contribution in [0.2, 0.25) is 10.0 Å². The fourth-order valence-corrected chi connectivity index (χ4v) is 3.52. The molecule has 2 N–H and O–H groups in total. The monoisotopic (exact) mass is 443 g/mol. The van der Waals surface area contributed by atoms with E-state index in [1.54, 1.807) is 12.1 Å². The topological polar surface area (TPSA) is 58.6 Å². The molecule has 0 aromatic heterocycles. The first kappa shape index (κ1) is 22.0. The lowest BCUT2D eigenvalue weighted by Crippen LogP contribution is -2.03. The summed E-state index contributed by atoms with van der Waals surface area (Å²) in [6, 6.07) is 18.8. The van der Waals surface area contributed by atoms with Gasteiger partial charge >= 0.3 is 5.97 Å². The number of halogens is 2. The van der Waals surface area contributed by atoms with Crippen molar-refractivity contribution in [1.29, 1.82) is 0 Å². The van der Waals surface area contributed by atoms with Gasteiger partial charge in [-0.15, -0.1) is 0 Å². The van der Waals surface area contributed by atoms with Gasteiger partial charge in [0.1, 0.15) is 5.75 Å². The quantitative estimate of drug-likeness (QED) is 0.349. The van der Waals surface area contributed by atoms with Crippen LogP contribution in [0.25, 0.3) is 0 Å². The molecule has 3 rings (SSSR count). The minimum absolute atomic E-state index is 0.167. The average molecular weight is 444 g/mol. The molecule has 0 amide bonds. The highest BCUT2D eigenvalue weighted by Crippen LogP contribution is 2.26. The second-order valence-corrected chi connectivity index (χ2v) is 7.81. The summed E-state index contributed by atoms with van der Waals surface area (Å²) in [6.07, 6.45) is 4.07. The molecular weight excluding hydrogens is 421 g/mol. The number of aromatic carboxylic acids is 1. The lowest BCUT2D eigenvalue weighted by Gasteiger charge is -2.12. The van der Waals surface area contributed by atoms with Crippen LogP contribution in [0.1, 0.15) is 34.3 Å². The molecule has 3 aromatic rings. The van der Waals surface area contributed by atoms with Crippen molar-refractivity contribution < 1.29 is 14.6 Å². The maximum atomic E-state index is 11.5. The van der Waals surface area contributed by atoms with E-state index >= 15 is 0 Å². The molecule has 0 unspecified atom stereocenters. The van der Waals surface area contributed by atoms with Gasteiger partial charge in [0.25, 0.3) is 0 Å². The van der Waals surface area contributed by atoms with Crippen molar-refractivity contribution in [2.75, 3.05) is 12.4 Å². The van der Waals surface area contributed by atoms with Crippen LogP contribution in [0.4, 0.5) is 11.4 Å². The van der Waals surface area contributed by atoms with E-state index < -0.39 is 5.97 Å². The van der Waals surface area contributed by atoms with Gasteiger partial charge in [0.15, 0.2) is 0 Å². The fourth-order valence-electron chi connectivity index (χ4n) is 3.20. The highest BCUT2D eigenvalue weighted by Gasteiger charge is 2.12. The Morgan fingerprint density at radius 3 is 2.20 bits per heavy atom. The number of ether oxygens (including phenoxy) is 1. The van der Waals surface area contributed by atoms with Crippen LogP contribution in [0, 0.1) is 0 Å². The Morgan fingerprint density at radius 2 is 1.57 bits per heavy atom. The molecule has 0 radical (unpaired) electrons.